The first kappa shape index (κ1) is 16.0. The van der Waals surface area contributed by atoms with Gasteiger partial charge in [-0.25, -0.2) is 8.78 Å². The number of likely N-dealkylation sites (N-methyl/N-ethyl adjacent to an activating group) is 1. The third-order valence-electron chi connectivity index (χ3n) is 2.90. The van der Waals surface area contributed by atoms with Crippen LogP contribution < -0.4 is 5.32 Å². The van der Waals surface area contributed by atoms with E-state index in [0.717, 1.165) is 38.7 Å². The minimum atomic E-state index is -0.541. The highest BCUT2D eigenvalue weighted by atomic mass is 19.1. The van der Waals surface area contributed by atoms with Gasteiger partial charge in [0.25, 0.3) is 0 Å². The van der Waals surface area contributed by atoms with Gasteiger partial charge < -0.3 is 15.0 Å². The highest BCUT2D eigenvalue weighted by Crippen LogP contribution is 2.08. The molecule has 0 spiro atoms. The number of methoxy groups -OCH3 is 1. The molecule has 0 saturated heterocycles. The second-order valence-corrected chi connectivity index (χ2v) is 4.56. The van der Waals surface area contributed by atoms with E-state index in [1.54, 1.807) is 7.11 Å². The lowest BCUT2D eigenvalue weighted by Crippen LogP contribution is -2.27. The van der Waals surface area contributed by atoms with Crippen LogP contribution in [0.1, 0.15) is 12.0 Å². The molecular formula is C14H22F2N2O. The van der Waals surface area contributed by atoms with Crippen molar-refractivity contribution < 1.29 is 13.5 Å². The van der Waals surface area contributed by atoms with Crippen molar-refractivity contribution in [2.75, 3.05) is 40.4 Å². The number of nitrogens with one attached hydrogen (secondary N) is 1. The quantitative estimate of drug-likeness (QED) is 0.696. The van der Waals surface area contributed by atoms with Crippen molar-refractivity contribution >= 4 is 0 Å². The number of nitrogens with zero attached hydrogens (tertiary/aromatic N) is 1. The number of halogens is 2. The zero-order valence-corrected chi connectivity index (χ0v) is 11.6. The van der Waals surface area contributed by atoms with Gasteiger partial charge in [-0.15, -0.1) is 0 Å². The lowest BCUT2D eigenvalue weighted by Gasteiger charge is -2.15. The monoisotopic (exact) mass is 272 g/mol. The van der Waals surface area contributed by atoms with Crippen LogP contribution in [0.15, 0.2) is 18.2 Å². The van der Waals surface area contributed by atoms with Gasteiger partial charge in [0.1, 0.15) is 11.6 Å². The van der Waals surface area contributed by atoms with Crippen molar-refractivity contribution in [1.82, 2.24) is 10.2 Å². The maximum absolute atomic E-state index is 13.3. The van der Waals surface area contributed by atoms with E-state index in [1.807, 2.05) is 7.05 Å². The summed E-state index contributed by atoms with van der Waals surface area (Å²) in [6.45, 7) is 3.82. The number of rotatable bonds is 9. The minimum Gasteiger partial charge on any atom is -0.383 e. The Bertz CT molecular complexity index is 374. The molecule has 1 aromatic carbocycles. The average molecular weight is 272 g/mol. The molecule has 0 aromatic heterocycles. The molecule has 0 saturated carbocycles. The van der Waals surface area contributed by atoms with Crippen LogP contribution in [0, 0.1) is 11.6 Å². The largest absolute Gasteiger partial charge is 0.383 e. The third kappa shape index (κ3) is 6.61. The van der Waals surface area contributed by atoms with Crippen LogP contribution in [0.5, 0.6) is 0 Å². The van der Waals surface area contributed by atoms with Crippen LogP contribution in [0.3, 0.4) is 0 Å². The molecule has 0 radical (unpaired) electrons. The van der Waals surface area contributed by atoms with Crippen LogP contribution in [-0.4, -0.2) is 45.3 Å². The number of hydrogen-bond acceptors (Lipinski definition) is 3. The normalized spacial score (nSPS) is 11.2. The highest BCUT2D eigenvalue weighted by molar-refractivity contribution is 5.18. The summed E-state index contributed by atoms with van der Waals surface area (Å²) in [6.07, 6.45) is 0.975. The van der Waals surface area contributed by atoms with Crippen molar-refractivity contribution in [3.63, 3.8) is 0 Å². The first-order valence-electron chi connectivity index (χ1n) is 6.45. The summed E-state index contributed by atoms with van der Waals surface area (Å²) < 4.78 is 31.0. The molecule has 0 aliphatic rings. The van der Waals surface area contributed by atoms with Crippen LogP contribution in [-0.2, 0) is 11.3 Å². The molecule has 0 fully saturated rings. The molecule has 1 aromatic rings. The van der Waals surface area contributed by atoms with Crippen molar-refractivity contribution in [1.29, 1.82) is 0 Å². The van der Waals surface area contributed by atoms with Crippen LogP contribution in [0.2, 0.25) is 0 Å². The third-order valence-corrected chi connectivity index (χ3v) is 2.90. The fourth-order valence-corrected chi connectivity index (χ4v) is 1.72. The molecule has 0 atom stereocenters. The van der Waals surface area contributed by atoms with Gasteiger partial charge in [-0.05, 0) is 32.6 Å². The van der Waals surface area contributed by atoms with Gasteiger partial charge in [0.05, 0.1) is 6.61 Å². The number of ether oxygens (including phenoxy) is 1. The smallest absolute Gasteiger partial charge is 0.130 e. The summed E-state index contributed by atoms with van der Waals surface area (Å²) in [5.41, 5.74) is 0.495. The maximum atomic E-state index is 13.3. The molecule has 1 N–H and O–H groups in total. The van der Waals surface area contributed by atoms with E-state index in [-0.39, 0.29) is 0 Å². The van der Waals surface area contributed by atoms with Gasteiger partial charge in [0.2, 0.25) is 0 Å². The standard InChI is InChI=1S/C14H22F2N2O/c1-18(8-9-19-2)7-3-6-17-11-12-4-5-13(15)10-14(12)16/h4-5,10,17H,3,6-9,11H2,1-2H3. The lowest BCUT2D eigenvalue weighted by molar-refractivity contribution is 0.160. The SMILES string of the molecule is COCCN(C)CCCNCc1ccc(F)cc1F. The molecule has 0 heterocycles. The van der Waals surface area contributed by atoms with Gasteiger partial charge >= 0.3 is 0 Å². The Labute approximate surface area is 113 Å². The van der Waals surface area contributed by atoms with Crippen molar-refractivity contribution in [3.8, 4) is 0 Å². The Hall–Kier alpha value is -1.04. The summed E-state index contributed by atoms with van der Waals surface area (Å²) in [7, 11) is 3.73. The van der Waals surface area contributed by atoms with E-state index in [4.69, 9.17) is 4.74 Å². The number of benzene rings is 1. The Kier molecular flexibility index (Phi) is 7.55. The van der Waals surface area contributed by atoms with E-state index in [1.165, 1.54) is 12.1 Å². The second kappa shape index (κ2) is 8.96. The van der Waals surface area contributed by atoms with Gasteiger partial charge in [-0.3, -0.25) is 0 Å². The Morgan fingerprint density at radius 2 is 2.05 bits per heavy atom. The highest BCUT2D eigenvalue weighted by Gasteiger charge is 2.03. The molecule has 5 heteroatoms. The van der Waals surface area contributed by atoms with Crippen molar-refractivity contribution in [3.05, 3.63) is 35.4 Å². The van der Waals surface area contributed by atoms with Crippen molar-refractivity contribution in [2.24, 2.45) is 0 Å². The molecule has 1 rings (SSSR count). The van der Waals surface area contributed by atoms with E-state index in [0.29, 0.717) is 12.1 Å². The fourth-order valence-electron chi connectivity index (χ4n) is 1.72. The zero-order valence-electron chi connectivity index (χ0n) is 11.6. The number of hydrogen-bond donors (Lipinski definition) is 1. The van der Waals surface area contributed by atoms with Gasteiger partial charge in [-0.1, -0.05) is 6.07 Å². The summed E-state index contributed by atoms with van der Waals surface area (Å²) in [5, 5.41) is 3.15. The minimum absolute atomic E-state index is 0.425. The molecule has 0 amide bonds. The summed E-state index contributed by atoms with van der Waals surface area (Å²) in [4.78, 5) is 2.18. The molecule has 0 aliphatic heterocycles. The first-order chi connectivity index (χ1) is 9.13. The zero-order chi connectivity index (χ0) is 14.1. The Morgan fingerprint density at radius 1 is 1.26 bits per heavy atom. The topological polar surface area (TPSA) is 24.5 Å². The van der Waals surface area contributed by atoms with Gasteiger partial charge in [0, 0.05) is 31.8 Å². The van der Waals surface area contributed by atoms with Crippen LogP contribution >= 0.6 is 0 Å². The summed E-state index contributed by atoms with van der Waals surface area (Å²) in [6, 6.07) is 3.66. The van der Waals surface area contributed by atoms with Gasteiger partial charge in [-0.2, -0.15) is 0 Å². The summed E-state index contributed by atoms with van der Waals surface area (Å²) in [5.74, 6) is -1.04. The molecule has 108 valence electrons. The Balaban J connectivity index is 2.13. The first-order valence-corrected chi connectivity index (χ1v) is 6.45. The Morgan fingerprint density at radius 3 is 2.74 bits per heavy atom. The predicted molar refractivity (Wildman–Crippen MR) is 72.1 cm³/mol. The predicted octanol–water partition coefficient (Wildman–Crippen LogP) is 2.02. The van der Waals surface area contributed by atoms with Crippen molar-refractivity contribution in [2.45, 2.75) is 13.0 Å². The van der Waals surface area contributed by atoms with Gasteiger partial charge in [0.15, 0.2) is 0 Å². The van der Waals surface area contributed by atoms with E-state index < -0.39 is 11.6 Å². The fraction of sp³-hybridized carbons (Fsp3) is 0.571. The van der Waals surface area contributed by atoms with Crippen LogP contribution in [0.4, 0.5) is 8.78 Å². The van der Waals surface area contributed by atoms with E-state index >= 15 is 0 Å². The van der Waals surface area contributed by atoms with Crippen LogP contribution in [0.25, 0.3) is 0 Å². The lowest BCUT2D eigenvalue weighted by atomic mass is 10.2. The molecular weight excluding hydrogens is 250 g/mol. The second-order valence-electron chi connectivity index (χ2n) is 4.56. The molecule has 0 bridgehead atoms. The molecule has 0 aliphatic carbocycles. The van der Waals surface area contributed by atoms with E-state index in [9.17, 15) is 8.78 Å². The molecule has 0 unspecified atom stereocenters. The summed E-state index contributed by atoms with van der Waals surface area (Å²) >= 11 is 0. The maximum Gasteiger partial charge on any atom is 0.130 e. The molecule has 3 nitrogen and oxygen atoms in total. The molecule has 19 heavy (non-hydrogen) atoms. The average Bonchev–Trinajstić information content (AvgIpc) is 2.38. The van der Waals surface area contributed by atoms with E-state index in [2.05, 4.69) is 10.2 Å².